The van der Waals surface area contributed by atoms with Gasteiger partial charge in [-0.2, -0.15) is 0 Å². The van der Waals surface area contributed by atoms with Crippen LogP contribution < -0.4 is 0 Å². The summed E-state index contributed by atoms with van der Waals surface area (Å²) in [6.07, 6.45) is 7.11. The Morgan fingerprint density at radius 1 is 1.55 bits per heavy atom. The Labute approximate surface area is 67.6 Å². The summed E-state index contributed by atoms with van der Waals surface area (Å²) in [7, 11) is 0. The van der Waals surface area contributed by atoms with Crippen LogP contribution in [0.25, 0.3) is 6.08 Å². The van der Waals surface area contributed by atoms with Gasteiger partial charge in [-0.1, -0.05) is 30.7 Å². The van der Waals surface area contributed by atoms with Crippen LogP contribution in [-0.2, 0) is 0 Å². The van der Waals surface area contributed by atoms with Gasteiger partial charge >= 0.3 is 0 Å². The van der Waals surface area contributed by atoms with E-state index in [1.807, 2.05) is 31.2 Å². The van der Waals surface area contributed by atoms with E-state index in [4.69, 9.17) is 6.42 Å². The van der Waals surface area contributed by atoms with Gasteiger partial charge < -0.3 is 0 Å². The molecule has 0 aliphatic heterocycles. The van der Waals surface area contributed by atoms with Crippen LogP contribution in [0.4, 0.5) is 0 Å². The lowest BCUT2D eigenvalue weighted by atomic mass is 10.0. The summed E-state index contributed by atoms with van der Waals surface area (Å²) in [5.41, 5.74) is 3.19. The normalized spacial score (nSPS) is 8.73. The van der Waals surface area contributed by atoms with Crippen LogP contribution >= 0.6 is 0 Å². The van der Waals surface area contributed by atoms with E-state index in [1.165, 1.54) is 0 Å². The first kappa shape index (κ1) is 7.63. The molecule has 0 radical (unpaired) electrons. The van der Waals surface area contributed by atoms with Crippen molar-refractivity contribution in [2.75, 3.05) is 0 Å². The summed E-state index contributed by atoms with van der Waals surface area (Å²) in [6, 6.07) is 5.88. The first-order valence-electron chi connectivity index (χ1n) is 3.48. The maximum Gasteiger partial charge on any atom is 0.0277 e. The Bertz CT molecular complexity index is 313. The fourth-order valence-electron chi connectivity index (χ4n) is 1.03. The third-order valence-corrected chi connectivity index (χ3v) is 1.75. The molecule has 0 aliphatic carbocycles. The van der Waals surface area contributed by atoms with E-state index in [2.05, 4.69) is 12.5 Å². The van der Waals surface area contributed by atoms with Gasteiger partial charge in [0.25, 0.3) is 0 Å². The van der Waals surface area contributed by atoms with Gasteiger partial charge in [-0.05, 0) is 24.1 Å². The SMILES string of the molecule is C#Cc1cccc(C=C)c1C. The van der Waals surface area contributed by atoms with E-state index in [1.54, 1.807) is 0 Å². The van der Waals surface area contributed by atoms with E-state index in [9.17, 15) is 0 Å². The van der Waals surface area contributed by atoms with Crippen molar-refractivity contribution in [3.63, 3.8) is 0 Å². The zero-order valence-corrected chi connectivity index (χ0v) is 6.59. The Morgan fingerprint density at radius 2 is 2.27 bits per heavy atom. The largest absolute Gasteiger partial charge is 0.115 e. The molecule has 0 saturated carbocycles. The van der Waals surface area contributed by atoms with E-state index in [-0.39, 0.29) is 0 Å². The molecule has 0 aromatic heterocycles. The molecular weight excluding hydrogens is 132 g/mol. The maximum absolute atomic E-state index is 5.29. The van der Waals surface area contributed by atoms with E-state index >= 15 is 0 Å². The van der Waals surface area contributed by atoms with Crippen molar-refractivity contribution in [2.24, 2.45) is 0 Å². The highest BCUT2D eigenvalue weighted by Crippen LogP contribution is 2.13. The van der Waals surface area contributed by atoms with Crippen LogP contribution in [0.3, 0.4) is 0 Å². The third kappa shape index (κ3) is 1.33. The van der Waals surface area contributed by atoms with Crippen LogP contribution in [0.1, 0.15) is 16.7 Å². The van der Waals surface area contributed by atoms with Crippen molar-refractivity contribution in [2.45, 2.75) is 6.92 Å². The summed E-state index contributed by atoms with van der Waals surface area (Å²) >= 11 is 0. The first-order valence-corrected chi connectivity index (χ1v) is 3.48. The molecule has 1 aromatic carbocycles. The van der Waals surface area contributed by atoms with Crippen molar-refractivity contribution in [1.82, 2.24) is 0 Å². The number of rotatable bonds is 1. The molecule has 0 N–H and O–H groups in total. The fourth-order valence-corrected chi connectivity index (χ4v) is 1.03. The van der Waals surface area contributed by atoms with Crippen LogP contribution in [-0.4, -0.2) is 0 Å². The van der Waals surface area contributed by atoms with E-state index in [0.29, 0.717) is 0 Å². The van der Waals surface area contributed by atoms with Gasteiger partial charge in [0.2, 0.25) is 0 Å². The van der Waals surface area contributed by atoms with Crippen LogP contribution in [0, 0.1) is 19.3 Å². The average molecular weight is 142 g/mol. The molecule has 0 bridgehead atoms. The predicted molar refractivity (Wildman–Crippen MR) is 49.2 cm³/mol. The molecule has 1 aromatic rings. The quantitative estimate of drug-likeness (QED) is 0.529. The minimum atomic E-state index is 0.947. The molecular formula is C11H10. The van der Waals surface area contributed by atoms with Crippen LogP contribution in [0.2, 0.25) is 0 Å². The smallest absolute Gasteiger partial charge is 0.0277 e. The van der Waals surface area contributed by atoms with Gasteiger partial charge in [0.1, 0.15) is 0 Å². The third-order valence-electron chi connectivity index (χ3n) is 1.75. The van der Waals surface area contributed by atoms with Gasteiger partial charge in [0.15, 0.2) is 0 Å². The Morgan fingerprint density at radius 3 is 2.82 bits per heavy atom. The number of terminal acetylenes is 1. The second kappa shape index (κ2) is 3.07. The fraction of sp³-hybridized carbons (Fsp3) is 0.0909. The summed E-state index contributed by atoms with van der Waals surface area (Å²) < 4.78 is 0. The molecule has 0 spiro atoms. The zero-order chi connectivity index (χ0) is 8.27. The Balaban J connectivity index is 3.34. The Kier molecular flexibility index (Phi) is 2.13. The maximum atomic E-state index is 5.29. The first-order chi connectivity index (χ1) is 5.29. The van der Waals surface area contributed by atoms with Crippen molar-refractivity contribution in [3.05, 3.63) is 41.5 Å². The molecule has 0 fully saturated rings. The molecule has 0 atom stereocenters. The summed E-state index contributed by atoms with van der Waals surface area (Å²) in [6.45, 7) is 5.70. The van der Waals surface area contributed by atoms with Crippen molar-refractivity contribution < 1.29 is 0 Å². The van der Waals surface area contributed by atoms with Crippen molar-refractivity contribution in [1.29, 1.82) is 0 Å². The summed E-state index contributed by atoms with van der Waals surface area (Å²) in [5.74, 6) is 2.62. The van der Waals surface area contributed by atoms with E-state index in [0.717, 1.165) is 16.7 Å². The molecule has 0 nitrogen and oxygen atoms in total. The Hall–Kier alpha value is -1.48. The van der Waals surface area contributed by atoms with E-state index < -0.39 is 0 Å². The molecule has 0 heterocycles. The zero-order valence-electron chi connectivity index (χ0n) is 6.59. The predicted octanol–water partition coefficient (Wildman–Crippen LogP) is 2.62. The lowest BCUT2D eigenvalue weighted by Gasteiger charge is -2.01. The molecule has 1 rings (SSSR count). The summed E-state index contributed by atoms with van der Waals surface area (Å²) in [5, 5.41) is 0. The highest BCUT2D eigenvalue weighted by atomic mass is 14.0. The second-order valence-electron chi connectivity index (χ2n) is 2.37. The van der Waals surface area contributed by atoms with Gasteiger partial charge in [0.05, 0.1) is 0 Å². The molecule has 0 aliphatic rings. The van der Waals surface area contributed by atoms with Crippen molar-refractivity contribution >= 4 is 6.08 Å². The highest BCUT2D eigenvalue weighted by molar-refractivity contribution is 5.56. The highest BCUT2D eigenvalue weighted by Gasteiger charge is 1.96. The lowest BCUT2D eigenvalue weighted by molar-refractivity contribution is 1.41. The second-order valence-corrected chi connectivity index (χ2v) is 2.37. The summed E-state index contributed by atoms with van der Waals surface area (Å²) in [4.78, 5) is 0. The average Bonchev–Trinajstić information content (AvgIpc) is 2.05. The van der Waals surface area contributed by atoms with Gasteiger partial charge in [0, 0.05) is 5.56 Å². The van der Waals surface area contributed by atoms with Gasteiger partial charge in [-0.25, -0.2) is 0 Å². The molecule has 0 unspecified atom stereocenters. The molecule has 54 valence electrons. The molecule has 0 amide bonds. The number of hydrogen-bond acceptors (Lipinski definition) is 0. The molecule has 0 heteroatoms. The van der Waals surface area contributed by atoms with Gasteiger partial charge in [-0.15, -0.1) is 6.42 Å². The number of benzene rings is 1. The minimum Gasteiger partial charge on any atom is -0.115 e. The van der Waals surface area contributed by atoms with Crippen LogP contribution in [0.15, 0.2) is 24.8 Å². The molecule has 0 saturated heterocycles. The van der Waals surface area contributed by atoms with Crippen LogP contribution in [0.5, 0.6) is 0 Å². The van der Waals surface area contributed by atoms with Crippen molar-refractivity contribution in [3.8, 4) is 12.3 Å². The standard InChI is InChI=1S/C11H10/c1-4-10-7-6-8-11(5-2)9(10)3/h1,5-8H,2H2,3H3. The van der Waals surface area contributed by atoms with Gasteiger partial charge in [-0.3, -0.25) is 0 Å². The topological polar surface area (TPSA) is 0 Å². The number of hydrogen-bond donors (Lipinski definition) is 0. The molecule has 11 heavy (non-hydrogen) atoms. The minimum absolute atomic E-state index is 0.947. The monoisotopic (exact) mass is 142 g/mol. The lowest BCUT2D eigenvalue weighted by Crippen LogP contribution is -1.84.